The van der Waals surface area contributed by atoms with E-state index in [1.807, 2.05) is 51.1 Å². The molecule has 2 heterocycles. The van der Waals surface area contributed by atoms with E-state index in [9.17, 15) is 0 Å². The summed E-state index contributed by atoms with van der Waals surface area (Å²) in [4.78, 5) is 12.7. The van der Waals surface area contributed by atoms with Crippen molar-refractivity contribution in [2.45, 2.75) is 37.1 Å². The zero-order chi connectivity index (χ0) is 18.7. The van der Waals surface area contributed by atoms with Gasteiger partial charge in [-0.2, -0.15) is 15.0 Å². The molecule has 0 fully saturated rings. The van der Waals surface area contributed by atoms with Gasteiger partial charge in [-0.1, -0.05) is 50.7 Å². The van der Waals surface area contributed by atoms with Crippen LogP contribution >= 0.6 is 11.8 Å². The van der Waals surface area contributed by atoms with Crippen LogP contribution in [0.5, 0.6) is 0 Å². The lowest BCUT2D eigenvalue weighted by Crippen LogP contribution is -2.24. The Morgan fingerprint density at radius 3 is 2.46 bits per heavy atom. The van der Waals surface area contributed by atoms with Crippen molar-refractivity contribution in [2.75, 3.05) is 16.9 Å². The lowest BCUT2D eigenvalue weighted by Gasteiger charge is -2.16. The predicted molar refractivity (Wildman–Crippen MR) is 102 cm³/mol. The predicted octanol–water partition coefficient (Wildman–Crippen LogP) is 2.09. The van der Waals surface area contributed by atoms with Crippen molar-refractivity contribution in [3.8, 4) is 0 Å². The maximum atomic E-state index is 6.10. The second-order valence-corrected chi connectivity index (χ2v) is 7.58. The molecular formula is C16H21N9S. The minimum Gasteiger partial charge on any atom is -0.368 e. The topological polar surface area (TPSA) is 133 Å². The molecule has 0 saturated heterocycles. The number of benzene rings is 1. The third kappa shape index (κ3) is 4.20. The Kier molecular flexibility index (Phi) is 4.94. The van der Waals surface area contributed by atoms with Crippen LogP contribution in [0.3, 0.4) is 0 Å². The Morgan fingerprint density at radius 1 is 1.08 bits per heavy atom. The number of hydrogen-bond acceptors (Lipinski definition) is 9. The summed E-state index contributed by atoms with van der Waals surface area (Å²) in [5, 5.41) is 12.0. The average Bonchev–Trinajstić information content (AvgIpc) is 2.94. The molecule has 0 saturated carbocycles. The van der Waals surface area contributed by atoms with E-state index in [1.54, 1.807) is 0 Å². The third-order valence-corrected chi connectivity index (χ3v) is 4.33. The van der Waals surface area contributed by atoms with Gasteiger partial charge in [0.25, 0.3) is 0 Å². The normalized spacial score (nSPS) is 11.5. The first-order chi connectivity index (χ1) is 12.3. The van der Waals surface area contributed by atoms with Crippen LogP contribution in [-0.2, 0) is 11.2 Å². The minimum absolute atomic E-state index is 0.152. The SMILES string of the molecule is CC(C)(C)c1nnc(SCc2nc(N)nc(Nc3ccccc3)n2)n1N. The second-order valence-electron chi connectivity index (χ2n) is 6.64. The molecule has 1 aromatic carbocycles. The van der Waals surface area contributed by atoms with Crippen molar-refractivity contribution < 1.29 is 0 Å². The van der Waals surface area contributed by atoms with Crippen molar-refractivity contribution in [2.24, 2.45) is 0 Å². The van der Waals surface area contributed by atoms with Crippen molar-refractivity contribution in [1.82, 2.24) is 29.8 Å². The van der Waals surface area contributed by atoms with Gasteiger partial charge in [0.2, 0.25) is 17.1 Å². The summed E-state index contributed by atoms with van der Waals surface area (Å²) < 4.78 is 1.50. The molecule has 0 aliphatic heterocycles. The lowest BCUT2D eigenvalue weighted by atomic mass is 9.96. The first-order valence-electron chi connectivity index (χ1n) is 7.99. The van der Waals surface area contributed by atoms with E-state index in [2.05, 4.69) is 30.5 Å². The van der Waals surface area contributed by atoms with Gasteiger partial charge in [-0.3, -0.25) is 0 Å². The van der Waals surface area contributed by atoms with Crippen LogP contribution in [0.1, 0.15) is 32.4 Å². The van der Waals surface area contributed by atoms with Crippen molar-refractivity contribution in [3.63, 3.8) is 0 Å². The van der Waals surface area contributed by atoms with Gasteiger partial charge in [0.15, 0.2) is 5.82 Å². The number of rotatable bonds is 5. The average molecular weight is 371 g/mol. The Bertz CT molecular complexity index is 886. The number of aromatic nitrogens is 6. The van der Waals surface area contributed by atoms with E-state index in [0.717, 1.165) is 5.69 Å². The number of anilines is 3. The lowest BCUT2D eigenvalue weighted by molar-refractivity contribution is 0.523. The second kappa shape index (κ2) is 7.16. The van der Waals surface area contributed by atoms with Crippen molar-refractivity contribution in [3.05, 3.63) is 42.0 Å². The van der Waals surface area contributed by atoms with Gasteiger partial charge in [-0.05, 0) is 12.1 Å². The van der Waals surface area contributed by atoms with E-state index < -0.39 is 0 Å². The van der Waals surface area contributed by atoms with Gasteiger partial charge in [0.05, 0.1) is 5.75 Å². The molecule has 10 heteroatoms. The number of nitrogens with two attached hydrogens (primary N) is 2. The maximum Gasteiger partial charge on any atom is 0.232 e. The van der Waals surface area contributed by atoms with Crippen LogP contribution < -0.4 is 16.9 Å². The molecule has 3 rings (SSSR count). The summed E-state index contributed by atoms with van der Waals surface area (Å²) in [6, 6.07) is 9.61. The zero-order valence-corrected chi connectivity index (χ0v) is 15.7. The summed E-state index contributed by atoms with van der Waals surface area (Å²) in [7, 11) is 0. The number of para-hydroxylation sites is 1. The van der Waals surface area contributed by atoms with Crippen LogP contribution in [0.15, 0.2) is 35.5 Å². The first-order valence-corrected chi connectivity index (χ1v) is 8.98. The van der Waals surface area contributed by atoms with Gasteiger partial charge < -0.3 is 16.9 Å². The summed E-state index contributed by atoms with van der Waals surface area (Å²) in [6.45, 7) is 6.09. The van der Waals surface area contributed by atoms with Crippen LogP contribution in [0.25, 0.3) is 0 Å². The number of nitrogens with zero attached hydrogens (tertiary/aromatic N) is 6. The highest BCUT2D eigenvalue weighted by Crippen LogP contribution is 2.25. The van der Waals surface area contributed by atoms with E-state index in [0.29, 0.717) is 28.5 Å². The van der Waals surface area contributed by atoms with Gasteiger partial charge in [-0.15, -0.1) is 10.2 Å². The summed E-state index contributed by atoms with van der Waals surface area (Å²) in [5.74, 6) is 8.32. The minimum atomic E-state index is -0.190. The Labute approximate surface area is 155 Å². The summed E-state index contributed by atoms with van der Waals surface area (Å²) in [5.41, 5.74) is 6.48. The first kappa shape index (κ1) is 17.9. The highest BCUT2D eigenvalue weighted by molar-refractivity contribution is 7.98. The highest BCUT2D eigenvalue weighted by Gasteiger charge is 2.23. The largest absolute Gasteiger partial charge is 0.368 e. The van der Waals surface area contributed by atoms with Crippen molar-refractivity contribution in [1.29, 1.82) is 0 Å². The fraction of sp³-hybridized carbons (Fsp3) is 0.312. The van der Waals surface area contributed by atoms with Gasteiger partial charge in [-0.25, -0.2) is 4.68 Å². The van der Waals surface area contributed by atoms with Crippen molar-refractivity contribution >= 4 is 29.3 Å². The van der Waals surface area contributed by atoms with E-state index >= 15 is 0 Å². The molecule has 0 radical (unpaired) electrons. The molecular weight excluding hydrogens is 350 g/mol. The summed E-state index contributed by atoms with van der Waals surface area (Å²) >= 11 is 1.39. The fourth-order valence-corrected chi connectivity index (χ4v) is 2.94. The molecule has 5 N–H and O–H groups in total. The molecule has 0 spiro atoms. The third-order valence-electron chi connectivity index (χ3n) is 3.39. The van der Waals surface area contributed by atoms with E-state index in [-0.39, 0.29) is 11.4 Å². The molecule has 0 unspecified atom stereocenters. The van der Waals surface area contributed by atoms with Crippen LogP contribution in [0, 0.1) is 0 Å². The molecule has 0 bridgehead atoms. The number of nitrogens with one attached hydrogen (secondary N) is 1. The smallest absolute Gasteiger partial charge is 0.232 e. The monoisotopic (exact) mass is 371 g/mol. The summed E-state index contributed by atoms with van der Waals surface area (Å²) in [6.07, 6.45) is 0. The Morgan fingerprint density at radius 2 is 1.81 bits per heavy atom. The molecule has 136 valence electrons. The van der Waals surface area contributed by atoms with Crippen LogP contribution in [0.2, 0.25) is 0 Å². The zero-order valence-electron chi connectivity index (χ0n) is 14.8. The molecule has 0 aliphatic rings. The maximum absolute atomic E-state index is 6.10. The number of nitrogen functional groups attached to an aromatic ring is 2. The number of thioether (sulfide) groups is 1. The Hall–Kier alpha value is -2.88. The molecule has 26 heavy (non-hydrogen) atoms. The van der Waals surface area contributed by atoms with E-state index in [4.69, 9.17) is 11.6 Å². The van der Waals surface area contributed by atoms with Crippen LogP contribution in [0.4, 0.5) is 17.6 Å². The van der Waals surface area contributed by atoms with Crippen LogP contribution in [-0.4, -0.2) is 29.8 Å². The fourth-order valence-electron chi connectivity index (χ4n) is 2.22. The van der Waals surface area contributed by atoms with E-state index in [1.165, 1.54) is 16.4 Å². The van der Waals surface area contributed by atoms with Gasteiger partial charge >= 0.3 is 0 Å². The highest BCUT2D eigenvalue weighted by atomic mass is 32.2. The van der Waals surface area contributed by atoms with Gasteiger partial charge in [0.1, 0.15) is 5.82 Å². The molecule has 0 aliphatic carbocycles. The standard InChI is InChI=1S/C16H21N9S/c1-16(2,3)12-23-24-15(25(12)18)26-9-11-20-13(17)22-14(21-11)19-10-7-5-4-6-8-10/h4-8H,9,18H2,1-3H3,(H3,17,19,20,21,22). The molecule has 0 amide bonds. The quantitative estimate of drug-likeness (QED) is 0.455. The molecule has 0 atom stereocenters. The van der Waals surface area contributed by atoms with Gasteiger partial charge in [0, 0.05) is 11.1 Å². The molecule has 3 aromatic rings. The Balaban J connectivity index is 1.74. The molecule has 9 nitrogen and oxygen atoms in total. The number of hydrogen-bond donors (Lipinski definition) is 3. The molecule has 2 aromatic heterocycles.